The number of benzene rings is 2. The van der Waals surface area contributed by atoms with Gasteiger partial charge in [-0.15, -0.1) is 0 Å². The van der Waals surface area contributed by atoms with E-state index in [1.165, 1.54) is 0 Å². The van der Waals surface area contributed by atoms with Gasteiger partial charge in [0.25, 0.3) is 0 Å². The van der Waals surface area contributed by atoms with Crippen molar-refractivity contribution in [3.05, 3.63) is 58.6 Å². The molecule has 2 aromatic rings. The van der Waals surface area contributed by atoms with E-state index in [0.717, 1.165) is 0 Å². The van der Waals surface area contributed by atoms with Gasteiger partial charge in [0.05, 0.1) is 6.54 Å². The Morgan fingerprint density at radius 3 is 2.17 bits per heavy atom. The van der Waals surface area contributed by atoms with Crippen molar-refractivity contribution in [1.29, 1.82) is 0 Å². The molecule has 0 saturated carbocycles. The summed E-state index contributed by atoms with van der Waals surface area (Å²) in [6.45, 7) is -0.348. The lowest BCUT2D eigenvalue weighted by molar-refractivity contribution is -0.136. The molecule has 24 heavy (non-hydrogen) atoms. The van der Waals surface area contributed by atoms with E-state index < -0.39 is 17.7 Å². The second kappa shape index (κ2) is 8.33. The second-order valence-electron chi connectivity index (χ2n) is 4.70. The number of hydrogen-bond donors (Lipinski definition) is 3. The molecule has 2 rings (SSSR count). The number of carbonyl (C=O) groups excluding carboxylic acids is 3. The van der Waals surface area contributed by atoms with Crippen LogP contribution in [0.15, 0.2) is 48.5 Å². The molecular formula is C16H13Cl2N3O3. The molecule has 0 radical (unpaired) electrons. The maximum atomic E-state index is 11.7. The van der Waals surface area contributed by atoms with E-state index in [2.05, 4.69) is 16.0 Å². The topological polar surface area (TPSA) is 87.3 Å². The lowest BCUT2D eigenvalue weighted by Gasteiger charge is -2.08. The first kappa shape index (κ1) is 17.8. The monoisotopic (exact) mass is 365 g/mol. The fourth-order valence-corrected chi connectivity index (χ4v) is 2.05. The molecule has 0 saturated heterocycles. The number of rotatable bonds is 4. The summed E-state index contributed by atoms with van der Waals surface area (Å²) in [7, 11) is 0. The molecule has 2 aromatic carbocycles. The highest BCUT2D eigenvalue weighted by atomic mass is 35.5. The van der Waals surface area contributed by atoms with Crippen molar-refractivity contribution in [1.82, 2.24) is 5.32 Å². The van der Waals surface area contributed by atoms with Crippen molar-refractivity contribution in [2.75, 3.05) is 17.2 Å². The van der Waals surface area contributed by atoms with Gasteiger partial charge >= 0.3 is 11.8 Å². The Bertz CT molecular complexity index is 763. The summed E-state index contributed by atoms with van der Waals surface area (Å²) >= 11 is 11.5. The van der Waals surface area contributed by atoms with Gasteiger partial charge in [0, 0.05) is 21.4 Å². The number of amides is 3. The van der Waals surface area contributed by atoms with Crippen LogP contribution in [0.3, 0.4) is 0 Å². The van der Waals surface area contributed by atoms with Crippen LogP contribution >= 0.6 is 23.2 Å². The second-order valence-corrected chi connectivity index (χ2v) is 5.58. The molecule has 3 amide bonds. The molecule has 0 aliphatic rings. The zero-order chi connectivity index (χ0) is 17.5. The van der Waals surface area contributed by atoms with Crippen LogP contribution in [0.1, 0.15) is 0 Å². The van der Waals surface area contributed by atoms with E-state index in [1.54, 1.807) is 48.5 Å². The Hall–Kier alpha value is -2.57. The van der Waals surface area contributed by atoms with Gasteiger partial charge in [-0.25, -0.2) is 0 Å². The third kappa shape index (κ3) is 5.57. The first-order chi connectivity index (χ1) is 11.4. The van der Waals surface area contributed by atoms with Gasteiger partial charge in [-0.1, -0.05) is 29.3 Å². The maximum absolute atomic E-state index is 11.7. The summed E-state index contributed by atoms with van der Waals surface area (Å²) in [6, 6.07) is 12.8. The molecule has 8 heteroatoms. The van der Waals surface area contributed by atoms with Gasteiger partial charge in [-0.3, -0.25) is 14.4 Å². The van der Waals surface area contributed by atoms with E-state index in [1.807, 2.05) is 0 Å². The Labute approximate surface area is 148 Å². The van der Waals surface area contributed by atoms with Gasteiger partial charge < -0.3 is 16.0 Å². The van der Waals surface area contributed by atoms with Crippen LogP contribution in [0, 0.1) is 0 Å². The summed E-state index contributed by atoms with van der Waals surface area (Å²) < 4.78 is 0. The zero-order valence-electron chi connectivity index (χ0n) is 12.3. The average molecular weight is 366 g/mol. The first-order valence-corrected chi connectivity index (χ1v) is 7.60. The predicted octanol–water partition coefficient (Wildman–Crippen LogP) is 2.69. The molecule has 0 aliphatic carbocycles. The molecule has 6 nitrogen and oxygen atoms in total. The zero-order valence-corrected chi connectivity index (χ0v) is 13.8. The maximum Gasteiger partial charge on any atom is 0.313 e. The van der Waals surface area contributed by atoms with Crippen LogP contribution in [-0.4, -0.2) is 24.3 Å². The molecule has 0 unspecified atom stereocenters. The standard InChI is InChI=1S/C16H13Cl2N3O3/c17-10-4-6-12(7-5-10)21-16(24)15(23)19-9-14(22)20-13-3-1-2-11(18)8-13/h1-8H,9H2,(H,19,23)(H,20,22)(H,21,24). The third-order valence-corrected chi connectivity index (χ3v) is 3.31. The minimum atomic E-state index is -0.925. The molecule has 0 heterocycles. The lowest BCUT2D eigenvalue weighted by Crippen LogP contribution is -2.39. The SMILES string of the molecule is O=C(CNC(=O)C(=O)Nc1ccc(Cl)cc1)Nc1cccc(Cl)c1. The molecule has 3 N–H and O–H groups in total. The van der Waals surface area contributed by atoms with Crippen molar-refractivity contribution < 1.29 is 14.4 Å². The summed E-state index contributed by atoms with van der Waals surface area (Å²) in [6.07, 6.45) is 0. The highest BCUT2D eigenvalue weighted by Gasteiger charge is 2.15. The van der Waals surface area contributed by atoms with Crippen LogP contribution in [0.2, 0.25) is 10.0 Å². The average Bonchev–Trinajstić information content (AvgIpc) is 2.54. The smallest absolute Gasteiger partial charge is 0.313 e. The number of hydrogen-bond acceptors (Lipinski definition) is 3. The minimum absolute atomic E-state index is 0.348. The number of anilines is 2. The largest absolute Gasteiger partial charge is 0.339 e. The fraction of sp³-hybridized carbons (Fsp3) is 0.0625. The van der Waals surface area contributed by atoms with Gasteiger partial charge in [0.2, 0.25) is 5.91 Å². The number of halogens is 2. The van der Waals surface area contributed by atoms with Crippen LogP contribution in [0.5, 0.6) is 0 Å². The summed E-state index contributed by atoms with van der Waals surface area (Å²) in [5, 5.41) is 8.15. The predicted molar refractivity (Wildman–Crippen MR) is 93.2 cm³/mol. The summed E-state index contributed by atoms with van der Waals surface area (Å²) in [4.78, 5) is 35.1. The number of carbonyl (C=O) groups is 3. The molecule has 124 valence electrons. The first-order valence-electron chi connectivity index (χ1n) is 6.84. The van der Waals surface area contributed by atoms with E-state index in [4.69, 9.17) is 23.2 Å². The van der Waals surface area contributed by atoms with E-state index in [9.17, 15) is 14.4 Å². The highest BCUT2D eigenvalue weighted by Crippen LogP contribution is 2.14. The van der Waals surface area contributed by atoms with Crippen molar-refractivity contribution in [2.24, 2.45) is 0 Å². The van der Waals surface area contributed by atoms with Crippen molar-refractivity contribution in [3.8, 4) is 0 Å². The Morgan fingerprint density at radius 2 is 1.50 bits per heavy atom. The van der Waals surface area contributed by atoms with E-state index >= 15 is 0 Å². The molecule has 0 fully saturated rings. The molecule has 0 bridgehead atoms. The van der Waals surface area contributed by atoms with Gasteiger partial charge in [-0.05, 0) is 42.5 Å². The highest BCUT2D eigenvalue weighted by molar-refractivity contribution is 6.40. The van der Waals surface area contributed by atoms with E-state index in [0.29, 0.717) is 21.4 Å². The molecular weight excluding hydrogens is 353 g/mol. The summed E-state index contributed by atoms with van der Waals surface area (Å²) in [5.74, 6) is -2.29. The van der Waals surface area contributed by atoms with E-state index in [-0.39, 0.29) is 6.54 Å². The van der Waals surface area contributed by atoms with Crippen LogP contribution in [-0.2, 0) is 14.4 Å². The van der Waals surface area contributed by atoms with Crippen LogP contribution < -0.4 is 16.0 Å². The van der Waals surface area contributed by atoms with Gasteiger partial charge in [0.15, 0.2) is 0 Å². The fourth-order valence-electron chi connectivity index (χ4n) is 1.73. The summed E-state index contributed by atoms with van der Waals surface area (Å²) in [5.41, 5.74) is 0.912. The molecule has 0 aliphatic heterocycles. The molecule has 0 spiro atoms. The quantitative estimate of drug-likeness (QED) is 0.727. The Kier molecular flexibility index (Phi) is 6.17. The van der Waals surface area contributed by atoms with Crippen molar-refractivity contribution in [3.63, 3.8) is 0 Å². The Balaban J connectivity index is 1.80. The molecule has 0 atom stereocenters. The van der Waals surface area contributed by atoms with Gasteiger partial charge in [-0.2, -0.15) is 0 Å². The lowest BCUT2D eigenvalue weighted by atomic mass is 10.3. The van der Waals surface area contributed by atoms with Crippen molar-refractivity contribution in [2.45, 2.75) is 0 Å². The normalized spacial score (nSPS) is 9.92. The van der Waals surface area contributed by atoms with Crippen LogP contribution in [0.4, 0.5) is 11.4 Å². The van der Waals surface area contributed by atoms with Crippen LogP contribution in [0.25, 0.3) is 0 Å². The third-order valence-electron chi connectivity index (χ3n) is 2.83. The molecule has 0 aromatic heterocycles. The van der Waals surface area contributed by atoms with Crippen molar-refractivity contribution >= 4 is 52.3 Å². The number of nitrogens with one attached hydrogen (secondary N) is 3. The van der Waals surface area contributed by atoms with Gasteiger partial charge in [0.1, 0.15) is 0 Å². The minimum Gasteiger partial charge on any atom is -0.339 e. The Morgan fingerprint density at radius 1 is 0.792 bits per heavy atom.